The average Bonchev–Trinajstić information content (AvgIpc) is 2.64. The van der Waals surface area contributed by atoms with Gasteiger partial charge in [-0.25, -0.2) is 8.42 Å². The van der Waals surface area contributed by atoms with Crippen molar-refractivity contribution in [1.29, 1.82) is 0 Å². The second-order valence-corrected chi connectivity index (χ2v) is 10.0. The second kappa shape index (κ2) is 9.45. The van der Waals surface area contributed by atoms with E-state index in [9.17, 15) is 13.2 Å². The van der Waals surface area contributed by atoms with Crippen LogP contribution in [-0.2, 0) is 21.2 Å². The number of nitrogens with one attached hydrogen (secondary N) is 1. The Morgan fingerprint density at radius 1 is 1.03 bits per heavy atom. The van der Waals surface area contributed by atoms with Crippen molar-refractivity contribution in [2.24, 2.45) is 0 Å². The first-order valence-corrected chi connectivity index (χ1v) is 11.8. The van der Waals surface area contributed by atoms with E-state index >= 15 is 0 Å². The number of amides is 1. The molecule has 1 amide bonds. The zero-order chi connectivity index (χ0) is 21.0. The normalized spacial score (nSPS) is 16.0. The number of anilines is 1. The third kappa shape index (κ3) is 6.42. The first-order valence-electron chi connectivity index (χ1n) is 9.19. The summed E-state index contributed by atoms with van der Waals surface area (Å²) in [5.41, 5.74) is 1.48. The van der Waals surface area contributed by atoms with Crippen molar-refractivity contribution in [1.82, 2.24) is 9.80 Å². The zero-order valence-electron chi connectivity index (χ0n) is 16.1. The van der Waals surface area contributed by atoms with E-state index in [-0.39, 0.29) is 17.3 Å². The fourth-order valence-electron chi connectivity index (χ4n) is 3.22. The molecule has 0 atom stereocenters. The van der Waals surface area contributed by atoms with Crippen molar-refractivity contribution in [2.75, 3.05) is 44.3 Å². The van der Waals surface area contributed by atoms with Gasteiger partial charge in [0, 0.05) is 44.0 Å². The van der Waals surface area contributed by atoms with Crippen molar-refractivity contribution >= 4 is 44.6 Å². The van der Waals surface area contributed by atoms with Crippen LogP contribution < -0.4 is 5.32 Å². The molecule has 9 heteroatoms. The Morgan fingerprint density at radius 2 is 1.72 bits per heavy atom. The molecule has 0 unspecified atom stereocenters. The lowest BCUT2D eigenvalue weighted by Crippen LogP contribution is -2.48. The Hall–Kier alpha value is -1.64. The summed E-state index contributed by atoms with van der Waals surface area (Å²) in [4.78, 5) is 16.9. The third-order valence-electron chi connectivity index (χ3n) is 4.77. The molecule has 1 aliphatic rings. The van der Waals surface area contributed by atoms with Crippen LogP contribution in [0.25, 0.3) is 0 Å². The highest BCUT2D eigenvalue weighted by atomic mass is 35.5. The number of nitrogens with zero attached hydrogens (tertiary/aromatic N) is 2. The predicted octanol–water partition coefficient (Wildman–Crippen LogP) is 3.15. The highest BCUT2D eigenvalue weighted by molar-refractivity contribution is 7.90. The van der Waals surface area contributed by atoms with E-state index in [1.165, 1.54) is 23.8 Å². The van der Waals surface area contributed by atoms with E-state index in [1.807, 2.05) is 18.2 Å². The van der Waals surface area contributed by atoms with Crippen LogP contribution in [0.5, 0.6) is 0 Å². The average molecular weight is 456 g/mol. The molecule has 1 N–H and O–H groups in total. The van der Waals surface area contributed by atoms with Gasteiger partial charge in [-0.2, -0.15) is 0 Å². The van der Waals surface area contributed by atoms with Crippen molar-refractivity contribution in [3.05, 3.63) is 58.1 Å². The maximum atomic E-state index is 12.4. The number of hydrogen-bond acceptors (Lipinski definition) is 5. The van der Waals surface area contributed by atoms with Crippen LogP contribution in [0.2, 0.25) is 10.0 Å². The predicted molar refractivity (Wildman–Crippen MR) is 116 cm³/mol. The number of hydrogen-bond donors (Lipinski definition) is 1. The summed E-state index contributed by atoms with van der Waals surface area (Å²) in [5.74, 6) is -0.221. The van der Waals surface area contributed by atoms with Gasteiger partial charge in [-0.1, -0.05) is 35.3 Å². The molecule has 29 heavy (non-hydrogen) atoms. The van der Waals surface area contributed by atoms with Gasteiger partial charge in [0.05, 0.1) is 22.2 Å². The van der Waals surface area contributed by atoms with E-state index in [2.05, 4.69) is 21.2 Å². The molecular weight excluding hydrogens is 433 g/mol. The van der Waals surface area contributed by atoms with Gasteiger partial charge >= 0.3 is 0 Å². The van der Waals surface area contributed by atoms with Crippen molar-refractivity contribution in [3.8, 4) is 0 Å². The Morgan fingerprint density at radius 3 is 2.38 bits per heavy atom. The molecule has 1 fully saturated rings. The van der Waals surface area contributed by atoms with Crippen LogP contribution in [0.3, 0.4) is 0 Å². The van der Waals surface area contributed by atoms with Crippen LogP contribution in [0, 0.1) is 0 Å². The number of carbonyl (C=O) groups excluding carboxylic acids is 1. The van der Waals surface area contributed by atoms with Crippen LogP contribution in [0.1, 0.15) is 5.56 Å². The molecule has 2 aromatic carbocycles. The third-order valence-corrected chi connectivity index (χ3v) is 6.44. The molecule has 0 aromatic heterocycles. The van der Waals surface area contributed by atoms with Gasteiger partial charge < -0.3 is 5.32 Å². The van der Waals surface area contributed by atoms with Gasteiger partial charge in [0.2, 0.25) is 5.91 Å². The smallest absolute Gasteiger partial charge is 0.238 e. The molecule has 0 saturated carbocycles. The molecule has 0 bridgehead atoms. The number of halogens is 2. The van der Waals surface area contributed by atoms with Crippen LogP contribution in [-0.4, -0.2) is 63.1 Å². The Labute approximate surface area is 181 Å². The number of piperazine rings is 1. The molecule has 6 nitrogen and oxygen atoms in total. The summed E-state index contributed by atoms with van der Waals surface area (Å²) in [5, 5.41) is 3.76. The highest BCUT2D eigenvalue weighted by Crippen LogP contribution is 2.25. The fourth-order valence-corrected chi connectivity index (χ4v) is 4.25. The van der Waals surface area contributed by atoms with Crippen molar-refractivity contribution in [3.63, 3.8) is 0 Å². The quantitative estimate of drug-likeness (QED) is 0.724. The van der Waals surface area contributed by atoms with Gasteiger partial charge in [-0.05, 0) is 35.9 Å². The first-order chi connectivity index (χ1) is 13.7. The summed E-state index contributed by atoms with van der Waals surface area (Å²) >= 11 is 12.1. The summed E-state index contributed by atoms with van der Waals surface area (Å²) in [6.07, 6.45) is 1.12. The van der Waals surface area contributed by atoms with E-state index in [0.29, 0.717) is 10.7 Å². The molecule has 0 spiro atoms. The number of rotatable bonds is 6. The van der Waals surface area contributed by atoms with Crippen molar-refractivity contribution in [2.45, 2.75) is 11.4 Å². The SMILES string of the molecule is CS(=O)(=O)c1ccc(Cl)c(NC(=O)CN2CCN(Cc3cccc(Cl)c3)CC2)c1. The lowest BCUT2D eigenvalue weighted by atomic mass is 10.2. The van der Waals surface area contributed by atoms with Crippen LogP contribution >= 0.6 is 23.2 Å². The minimum Gasteiger partial charge on any atom is -0.324 e. The topological polar surface area (TPSA) is 69.7 Å². The molecule has 3 rings (SSSR count). The number of sulfone groups is 1. The maximum absolute atomic E-state index is 12.4. The molecule has 0 radical (unpaired) electrons. The molecule has 2 aromatic rings. The van der Waals surface area contributed by atoms with Gasteiger partial charge in [0.25, 0.3) is 0 Å². The Kier molecular flexibility index (Phi) is 7.19. The van der Waals surface area contributed by atoms with Crippen LogP contribution in [0.4, 0.5) is 5.69 Å². The van der Waals surface area contributed by atoms with E-state index < -0.39 is 9.84 Å². The van der Waals surface area contributed by atoms with E-state index in [0.717, 1.165) is 44.0 Å². The van der Waals surface area contributed by atoms with E-state index in [4.69, 9.17) is 23.2 Å². The number of carbonyl (C=O) groups is 1. The standard InChI is InChI=1S/C20H23Cl2N3O3S/c1-29(27,28)17-5-6-18(22)19(12-17)23-20(26)14-25-9-7-24(8-10-25)13-15-3-2-4-16(21)11-15/h2-6,11-12H,7-10,13-14H2,1H3,(H,23,26). The second-order valence-electron chi connectivity index (χ2n) is 7.14. The van der Waals surface area contributed by atoms with E-state index in [1.54, 1.807) is 0 Å². The monoisotopic (exact) mass is 455 g/mol. The minimum atomic E-state index is -3.37. The van der Waals surface area contributed by atoms with Crippen LogP contribution in [0.15, 0.2) is 47.4 Å². The first kappa shape index (κ1) is 22.1. The summed E-state index contributed by atoms with van der Waals surface area (Å²) < 4.78 is 23.4. The summed E-state index contributed by atoms with van der Waals surface area (Å²) in [6, 6.07) is 12.1. The lowest BCUT2D eigenvalue weighted by Gasteiger charge is -2.34. The molecular formula is C20H23Cl2N3O3S. The number of benzene rings is 2. The van der Waals surface area contributed by atoms with Gasteiger partial charge in [0.15, 0.2) is 9.84 Å². The molecule has 156 valence electrons. The van der Waals surface area contributed by atoms with Gasteiger partial charge in [0.1, 0.15) is 0 Å². The maximum Gasteiger partial charge on any atom is 0.238 e. The molecule has 1 aliphatic heterocycles. The van der Waals surface area contributed by atoms with Gasteiger partial charge in [-0.15, -0.1) is 0 Å². The van der Waals surface area contributed by atoms with Gasteiger partial charge in [-0.3, -0.25) is 14.6 Å². The highest BCUT2D eigenvalue weighted by Gasteiger charge is 2.20. The summed E-state index contributed by atoms with van der Waals surface area (Å²) in [7, 11) is -3.37. The fraction of sp³-hybridized carbons (Fsp3) is 0.350. The molecule has 1 saturated heterocycles. The summed E-state index contributed by atoms with van der Waals surface area (Å²) in [6.45, 7) is 4.29. The minimum absolute atomic E-state index is 0.117. The zero-order valence-corrected chi connectivity index (χ0v) is 18.4. The molecule has 0 aliphatic carbocycles. The van der Waals surface area contributed by atoms with Crippen molar-refractivity contribution < 1.29 is 13.2 Å². The lowest BCUT2D eigenvalue weighted by molar-refractivity contribution is -0.117. The molecule has 1 heterocycles. The Balaban J connectivity index is 1.51. The Bertz CT molecular complexity index is 990. The largest absolute Gasteiger partial charge is 0.324 e.